The number of ether oxygens (including phenoxy) is 1. The summed E-state index contributed by atoms with van der Waals surface area (Å²) in [5, 5.41) is 6.56. The summed E-state index contributed by atoms with van der Waals surface area (Å²) in [4.78, 5) is 13.3. The molecule has 1 aliphatic heterocycles. The van der Waals surface area contributed by atoms with E-state index in [-0.39, 0.29) is 12.5 Å². The number of para-hydroxylation sites is 1. The summed E-state index contributed by atoms with van der Waals surface area (Å²) < 4.78 is 5.64. The van der Waals surface area contributed by atoms with Gasteiger partial charge >= 0.3 is 0 Å². The van der Waals surface area contributed by atoms with Gasteiger partial charge in [0.15, 0.2) is 0 Å². The number of anilines is 1. The number of carbonyl (C=O) groups is 1. The van der Waals surface area contributed by atoms with Crippen LogP contribution in [-0.4, -0.2) is 18.2 Å². The molecule has 0 aliphatic carbocycles. The molecular formula is C25H17ClN2O2. The maximum absolute atomic E-state index is 13.3. The number of terminal acetylenes is 1. The Morgan fingerprint density at radius 1 is 1.03 bits per heavy atom. The van der Waals surface area contributed by atoms with Crippen molar-refractivity contribution in [3.63, 3.8) is 0 Å². The zero-order valence-electron chi connectivity index (χ0n) is 16.0. The van der Waals surface area contributed by atoms with Gasteiger partial charge in [-0.15, -0.1) is 6.42 Å². The average Bonchev–Trinajstić information content (AvgIpc) is 3.10. The highest BCUT2D eigenvalue weighted by Crippen LogP contribution is 2.31. The third-order valence-corrected chi connectivity index (χ3v) is 4.74. The fourth-order valence-corrected chi connectivity index (χ4v) is 3.32. The van der Waals surface area contributed by atoms with Gasteiger partial charge < -0.3 is 4.74 Å². The summed E-state index contributed by atoms with van der Waals surface area (Å²) in [5.74, 6) is 2.76. The quantitative estimate of drug-likeness (QED) is 0.427. The van der Waals surface area contributed by atoms with E-state index in [0.717, 1.165) is 5.56 Å². The van der Waals surface area contributed by atoms with Crippen molar-refractivity contribution in [2.45, 2.75) is 0 Å². The predicted octanol–water partition coefficient (Wildman–Crippen LogP) is 5.19. The molecule has 3 aromatic rings. The van der Waals surface area contributed by atoms with Gasteiger partial charge in [-0.25, -0.2) is 0 Å². The Hall–Kier alpha value is -3.81. The zero-order valence-corrected chi connectivity index (χ0v) is 16.7. The van der Waals surface area contributed by atoms with Gasteiger partial charge in [-0.3, -0.25) is 4.79 Å². The number of hydrogen-bond acceptors (Lipinski definition) is 3. The number of hydrazone groups is 1. The minimum Gasteiger partial charge on any atom is -0.480 e. The lowest BCUT2D eigenvalue weighted by molar-refractivity contribution is -0.114. The molecule has 5 heteroatoms. The van der Waals surface area contributed by atoms with Crippen LogP contribution < -0.4 is 9.75 Å². The minimum atomic E-state index is -0.233. The molecule has 4 rings (SSSR count). The smallest absolute Gasteiger partial charge is 0.281 e. The van der Waals surface area contributed by atoms with Crippen LogP contribution in [0.1, 0.15) is 11.1 Å². The second kappa shape index (κ2) is 8.69. The number of benzene rings is 3. The fourth-order valence-electron chi connectivity index (χ4n) is 3.14. The molecule has 1 heterocycles. The molecule has 3 aromatic carbocycles. The molecule has 0 bridgehead atoms. The molecule has 0 radical (unpaired) electrons. The van der Waals surface area contributed by atoms with E-state index in [1.54, 1.807) is 24.3 Å². The summed E-state index contributed by atoms with van der Waals surface area (Å²) in [7, 11) is 0. The standard InChI is InChI=1S/C25H17ClN2O2/c1-2-15-30-23-14-13-20(26)16-19(23)17-22-24(18-9-5-3-6-10-18)27-28(25(22)29)21-11-7-4-8-12-21/h1,3-14,16-17H,15H2/b22-17-. The van der Waals surface area contributed by atoms with Gasteiger partial charge in [-0.2, -0.15) is 10.1 Å². The number of rotatable bonds is 5. The summed E-state index contributed by atoms with van der Waals surface area (Å²) in [6.45, 7) is 0.113. The van der Waals surface area contributed by atoms with Gasteiger partial charge in [-0.1, -0.05) is 66.1 Å². The summed E-state index contributed by atoms with van der Waals surface area (Å²) in [6.07, 6.45) is 7.07. The molecular weight excluding hydrogens is 396 g/mol. The lowest BCUT2D eigenvalue weighted by Crippen LogP contribution is -2.21. The first kappa shape index (κ1) is 19.5. The van der Waals surface area contributed by atoms with Gasteiger partial charge in [0.05, 0.1) is 11.3 Å². The molecule has 0 saturated heterocycles. The Morgan fingerprint density at radius 3 is 2.43 bits per heavy atom. The maximum atomic E-state index is 13.3. The van der Waals surface area contributed by atoms with E-state index in [9.17, 15) is 4.79 Å². The molecule has 146 valence electrons. The Balaban J connectivity index is 1.84. The minimum absolute atomic E-state index is 0.113. The van der Waals surface area contributed by atoms with Crippen LogP contribution in [0.2, 0.25) is 5.02 Å². The second-order valence-corrected chi connectivity index (χ2v) is 6.94. The first-order valence-corrected chi connectivity index (χ1v) is 9.66. The van der Waals surface area contributed by atoms with Crippen LogP contribution in [0.15, 0.2) is 89.5 Å². The molecule has 0 aromatic heterocycles. The molecule has 0 atom stereocenters. The largest absolute Gasteiger partial charge is 0.480 e. The molecule has 0 unspecified atom stereocenters. The van der Waals surface area contributed by atoms with Crippen LogP contribution >= 0.6 is 11.6 Å². The van der Waals surface area contributed by atoms with Gasteiger partial charge in [0.25, 0.3) is 5.91 Å². The Bertz CT molecular complexity index is 1180. The highest BCUT2D eigenvalue weighted by molar-refractivity contribution is 6.37. The Labute approximate surface area is 180 Å². The van der Waals surface area contributed by atoms with Crippen molar-refractivity contribution in [2.75, 3.05) is 11.6 Å². The number of hydrogen-bond donors (Lipinski definition) is 0. The SMILES string of the molecule is C#CCOc1ccc(Cl)cc1/C=C1\C(=O)N(c2ccccc2)N=C1c1ccccc1. The molecule has 0 fully saturated rings. The Kier molecular flexibility index (Phi) is 5.65. The maximum Gasteiger partial charge on any atom is 0.281 e. The molecule has 0 spiro atoms. The predicted molar refractivity (Wildman–Crippen MR) is 121 cm³/mol. The zero-order chi connectivity index (χ0) is 20.9. The van der Waals surface area contributed by atoms with Crippen LogP contribution in [0.5, 0.6) is 5.75 Å². The first-order valence-electron chi connectivity index (χ1n) is 9.29. The van der Waals surface area contributed by atoms with E-state index in [1.165, 1.54) is 5.01 Å². The average molecular weight is 413 g/mol. The molecule has 1 amide bonds. The number of amides is 1. The topological polar surface area (TPSA) is 41.9 Å². The third kappa shape index (κ3) is 3.98. The second-order valence-electron chi connectivity index (χ2n) is 6.50. The van der Waals surface area contributed by atoms with Gasteiger partial charge in [0.2, 0.25) is 0 Å². The molecule has 30 heavy (non-hydrogen) atoms. The monoisotopic (exact) mass is 412 g/mol. The molecule has 1 aliphatic rings. The van der Waals surface area contributed by atoms with E-state index in [2.05, 4.69) is 11.0 Å². The van der Waals surface area contributed by atoms with Crippen LogP contribution in [0.3, 0.4) is 0 Å². The first-order chi connectivity index (χ1) is 14.7. The highest BCUT2D eigenvalue weighted by Gasteiger charge is 2.32. The lowest BCUT2D eigenvalue weighted by atomic mass is 10.00. The van der Waals surface area contributed by atoms with E-state index < -0.39 is 0 Å². The van der Waals surface area contributed by atoms with E-state index in [4.69, 9.17) is 22.8 Å². The number of nitrogens with zero attached hydrogens (tertiary/aromatic N) is 2. The van der Waals surface area contributed by atoms with Crippen LogP contribution in [0.4, 0.5) is 5.69 Å². The highest BCUT2D eigenvalue weighted by atomic mass is 35.5. The normalized spacial score (nSPS) is 14.5. The van der Waals surface area contributed by atoms with Crippen molar-refractivity contribution in [1.29, 1.82) is 0 Å². The van der Waals surface area contributed by atoms with Gasteiger partial charge in [0.1, 0.15) is 18.1 Å². The third-order valence-electron chi connectivity index (χ3n) is 4.51. The molecule has 0 saturated carbocycles. The number of carbonyl (C=O) groups excluding carboxylic acids is 1. The van der Waals surface area contributed by atoms with Gasteiger partial charge in [0, 0.05) is 16.1 Å². The molecule has 0 N–H and O–H groups in total. The Morgan fingerprint density at radius 2 is 1.73 bits per heavy atom. The van der Waals surface area contributed by atoms with Crippen LogP contribution in [0, 0.1) is 12.3 Å². The van der Waals surface area contributed by atoms with Crippen LogP contribution in [0.25, 0.3) is 6.08 Å². The van der Waals surface area contributed by atoms with E-state index in [0.29, 0.717) is 33.3 Å². The van der Waals surface area contributed by atoms with Crippen LogP contribution in [-0.2, 0) is 4.79 Å². The van der Waals surface area contributed by atoms with Crippen molar-refractivity contribution in [3.05, 3.63) is 101 Å². The van der Waals surface area contributed by atoms with Crippen molar-refractivity contribution in [1.82, 2.24) is 0 Å². The lowest BCUT2D eigenvalue weighted by Gasteiger charge is -2.11. The van der Waals surface area contributed by atoms with E-state index >= 15 is 0 Å². The summed E-state index contributed by atoms with van der Waals surface area (Å²) in [5.41, 5.74) is 3.20. The van der Waals surface area contributed by atoms with Crippen molar-refractivity contribution >= 4 is 35.0 Å². The number of halogens is 1. The summed E-state index contributed by atoms with van der Waals surface area (Å²) in [6, 6.07) is 24.1. The van der Waals surface area contributed by atoms with E-state index in [1.807, 2.05) is 60.7 Å². The fraction of sp³-hybridized carbons (Fsp3) is 0.0400. The van der Waals surface area contributed by atoms with Crippen molar-refractivity contribution in [3.8, 4) is 18.1 Å². The van der Waals surface area contributed by atoms with Gasteiger partial charge in [-0.05, 0) is 36.4 Å². The van der Waals surface area contributed by atoms with Crippen molar-refractivity contribution < 1.29 is 9.53 Å². The summed E-state index contributed by atoms with van der Waals surface area (Å²) >= 11 is 6.20. The molecule has 4 nitrogen and oxygen atoms in total. The van der Waals surface area contributed by atoms with Crippen molar-refractivity contribution in [2.24, 2.45) is 5.10 Å².